The molecule has 0 unspecified atom stereocenters. The third-order valence-corrected chi connectivity index (χ3v) is 4.20. The molecule has 1 aromatic carbocycles. The average Bonchev–Trinajstić information content (AvgIpc) is 3.01. The van der Waals surface area contributed by atoms with Crippen molar-refractivity contribution in [3.63, 3.8) is 0 Å². The molecule has 152 valence electrons. The van der Waals surface area contributed by atoms with Gasteiger partial charge in [-0.2, -0.15) is 0 Å². The van der Waals surface area contributed by atoms with E-state index in [4.69, 9.17) is 9.47 Å². The Balaban J connectivity index is 2.10. The number of carbonyl (C=O) groups excluding carboxylic acids is 3. The molecule has 1 amide bonds. The van der Waals surface area contributed by atoms with Gasteiger partial charge in [0.25, 0.3) is 5.91 Å². The molecule has 1 N–H and O–H groups in total. The van der Waals surface area contributed by atoms with Gasteiger partial charge >= 0.3 is 11.9 Å². The van der Waals surface area contributed by atoms with Crippen molar-refractivity contribution < 1.29 is 23.9 Å². The number of amides is 1. The van der Waals surface area contributed by atoms with E-state index in [0.717, 1.165) is 0 Å². The maximum absolute atomic E-state index is 12.9. The van der Waals surface area contributed by atoms with E-state index in [9.17, 15) is 14.4 Å². The molecule has 3 rings (SSSR count). The Bertz CT molecular complexity index is 1060. The Hall–Kier alpha value is -4.20. The number of nitrogens with one attached hydrogen (secondary N) is 1. The maximum Gasteiger partial charge on any atom is 0.355 e. The van der Waals surface area contributed by atoms with E-state index in [1.54, 1.807) is 67.0 Å². The van der Waals surface area contributed by atoms with Crippen LogP contribution in [0.4, 0.5) is 11.5 Å². The Morgan fingerprint density at radius 2 is 1.67 bits per heavy atom. The van der Waals surface area contributed by atoms with Crippen LogP contribution in [-0.4, -0.2) is 37.0 Å². The van der Waals surface area contributed by atoms with Crippen molar-refractivity contribution in [2.75, 3.05) is 24.4 Å². The van der Waals surface area contributed by atoms with Gasteiger partial charge in [-0.1, -0.05) is 24.3 Å². The number of hydrogen-bond acceptors (Lipinski definition) is 7. The lowest BCUT2D eigenvalue weighted by molar-refractivity contribution is -0.139. The SMILES string of the molecule is COC(=O)C1=C(C(=O)OC)N(c2ccccc2C(=O)Nc2ccccn2)C=CC=C1. The lowest BCUT2D eigenvalue weighted by atomic mass is 10.1. The monoisotopic (exact) mass is 405 g/mol. The summed E-state index contributed by atoms with van der Waals surface area (Å²) in [5.74, 6) is -1.52. The third-order valence-electron chi connectivity index (χ3n) is 4.20. The van der Waals surface area contributed by atoms with Gasteiger partial charge in [0.15, 0.2) is 0 Å². The van der Waals surface area contributed by atoms with Crippen LogP contribution in [-0.2, 0) is 19.1 Å². The highest BCUT2D eigenvalue weighted by atomic mass is 16.5. The smallest absolute Gasteiger partial charge is 0.355 e. The van der Waals surface area contributed by atoms with Gasteiger partial charge < -0.3 is 19.7 Å². The van der Waals surface area contributed by atoms with Crippen LogP contribution in [0.15, 0.2) is 84.4 Å². The molecule has 8 heteroatoms. The van der Waals surface area contributed by atoms with Gasteiger partial charge in [0.1, 0.15) is 11.5 Å². The second-order valence-electron chi connectivity index (χ2n) is 6.00. The fraction of sp³-hybridized carbons (Fsp3) is 0.0909. The predicted octanol–water partition coefficient (Wildman–Crippen LogP) is 2.82. The van der Waals surface area contributed by atoms with Crippen LogP contribution in [0, 0.1) is 0 Å². The molecule has 1 aliphatic heterocycles. The fourth-order valence-electron chi connectivity index (χ4n) is 2.85. The van der Waals surface area contributed by atoms with Crippen LogP contribution in [0.2, 0.25) is 0 Å². The summed E-state index contributed by atoms with van der Waals surface area (Å²) in [5.41, 5.74) is 0.551. The molecule has 2 heterocycles. The Kier molecular flexibility index (Phi) is 6.39. The van der Waals surface area contributed by atoms with E-state index in [0.29, 0.717) is 11.5 Å². The van der Waals surface area contributed by atoms with Crippen molar-refractivity contribution in [2.24, 2.45) is 0 Å². The zero-order valence-corrected chi connectivity index (χ0v) is 16.4. The van der Waals surface area contributed by atoms with Gasteiger partial charge in [-0.15, -0.1) is 0 Å². The molecule has 0 saturated carbocycles. The van der Waals surface area contributed by atoms with Crippen molar-refractivity contribution >= 4 is 29.4 Å². The van der Waals surface area contributed by atoms with Crippen LogP contribution < -0.4 is 10.2 Å². The number of methoxy groups -OCH3 is 2. The topological polar surface area (TPSA) is 97.8 Å². The van der Waals surface area contributed by atoms with E-state index < -0.39 is 17.8 Å². The van der Waals surface area contributed by atoms with Crippen molar-refractivity contribution in [3.8, 4) is 0 Å². The van der Waals surface area contributed by atoms with E-state index in [2.05, 4.69) is 10.3 Å². The number of pyridine rings is 1. The summed E-state index contributed by atoms with van der Waals surface area (Å²) in [7, 11) is 2.43. The molecule has 0 saturated heterocycles. The minimum Gasteiger partial charge on any atom is -0.465 e. The number of carbonyl (C=O) groups is 3. The molecule has 30 heavy (non-hydrogen) atoms. The molecule has 8 nitrogen and oxygen atoms in total. The lowest BCUT2D eigenvalue weighted by Crippen LogP contribution is -2.28. The molecule has 2 aromatic rings. The van der Waals surface area contributed by atoms with Crippen LogP contribution in [0.1, 0.15) is 10.4 Å². The Labute approximate surface area is 173 Å². The molecule has 0 aliphatic carbocycles. The maximum atomic E-state index is 12.9. The number of nitrogens with zero attached hydrogens (tertiary/aromatic N) is 2. The fourth-order valence-corrected chi connectivity index (χ4v) is 2.85. The van der Waals surface area contributed by atoms with Crippen LogP contribution in [0.25, 0.3) is 0 Å². The highest BCUT2D eigenvalue weighted by Gasteiger charge is 2.29. The number of ether oxygens (including phenoxy) is 2. The number of anilines is 2. The van der Waals surface area contributed by atoms with E-state index in [1.165, 1.54) is 25.2 Å². The first-order chi connectivity index (χ1) is 14.6. The molecule has 1 aromatic heterocycles. The minimum absolute atomic E-state index is 0.00529. The summed E-state index contributed by atoms with van der Waals surface area (Å²) < 4.78 is 9.71. The summed E-state index contributed by atoms with van der Waals surface area (Å²) >= 11 is 0. The van der Waals surface area contributed by atoms with Gasteiger partial charge in [0, 0.05) is 12.4 Å². The van der Waals surface area contributed by atoms with Crippen molar-refractivity contribution in [1.29, 1.82) is 0 Å². The number of para-hydroxylation sites is 1. The quantitative estimate of drug-likeness (QED) is 0.764. The second-order valence-corrected chi connectivity index (χ2v) is 6.00. The van der Waals surface area contributed by atoms with Gasteiger partial charge in [-0.3, -0.25) is 4.79 Å². The first-order valence-electron chi connectivity index (χ1n) is 8.93. The highest BCUT2D eigenvalue weighted by molar-refractivity contribution is 6.10. The lowest BCUT2D eigenvalue weighted by Gasteiger charge is -2.25. The van der Waals surface area contributed by atoms with Gasteiger partial charge in [0.05, 0.1) is 31.0 Å². The molecule has 1 aliphatic rings. The van der Waals surface area contributed by atoms with Gasteiger partial charge in [0.2, 0.25) is 0 Å². The Morgan fingerprint density at radius 3 is 2.37 bits per heavy atom. The number of benzene rings is 1. The first-order valence-corrected chi connectivity index (χ1v) is 8.93. The van der Waals surface area contributed by atoms with Gasteiger partial charge in [-0.05, 0) is 36.4 Å². The van der Waals surface area contributed by atoms with Crippen molar-refractivity contribution in [3.05, 3.63) is 89.9 Å². The van der Waals surface area contributed by atoms with E-state index in [1.807, 2.05) is 0 Å². The summed E-state index contributed by atoms with van der Waals surface area (Å²) in [6, 6.07) is 11.8. The second kappa shape index (κ2) is 9.33. The molecule has 0 bridgehead atoms. The summed E-state index contributed by atoms with van der Waals surface area (Å²) in [4.78, 5) is 43.4. The zero-order chi connectivity index (χ0) is 21.5. The largest absolute Gasteiger partial charge is 0.465 e. The van der Waals surface area contributed by atoms with Gasteiger partial charge in [-0.25, -0.2) is 14.6 Å². The standard InChI is InChI=1S/C22H19N3O5/c1-29-21(27)16-10-6-8-14-25(19(16)22(28)30-2)17-11-4-3-9-15(17)20(26)24-18-12-5-7-13-23-18/h3-14H,1-2H3,(H,23,24,26). The molecule has 0 fully saturated rings. The molecular weight excluding hydrogens is 386 g/mol. The number of rotatable bonds is 5. The molecule has 0 atom stereocenters. The summed E-state index contributed by atoms with van der Waals surface area (Å²) in [6.45, 7) is 0. The number of allylic oxidation sites excluding steroid dienone is 2. The van der Waals surface area contributed by atoms with E-state index >= 15 is 0 Å². The molecule has 0 spiro atoms. The number of esters is 2. The zero-order valence-electron chi connectivity index (χ0n) is 16.4. The van der Waals surface area contributed by atoms with Crippen LogP contribution >= 0.6 is 0 Å². The number of hydrogen-bond donors (Lipinski definition) is 1. The third kappa shape index (κ3) is 4.27. The predicted molar refractivity (Wildman–Crippen MR) is 110 cm³/mol. The number of aromatic nitrogens is 1. The Morgan fingerprint density at radius 1 is 0.933 bits per heavy atom. The minimum atomic E-state index is -0.758. The summed E-state index contributed by atoms with van der Waals surface area (Å²) in [6.07, 6.45) is 7.79. The van der Waals surface area contributed by atoms with Crippen molar-refractivity contribution in [1.82, 2.24) is 4.98 Å². The molecular formula is C22H19N3O5. The van der Waals surface area contributed by atoms with E-state index in [-0.39, 0.29) is 16.8 Å². The molecule has 0 radical (unpaired) electrons. The highest BCUT2D eigenvalue weighted by Crippen LogP contribution is 2.29. The first kappa shape index (κ1) is 20.5. The normalized spacial score (nSPS) is 12.9. The summed E-state index contributed by atoms with van der Waals surface area (Å²) in [5, 5.41) is 2.72. The van der Waals surface area contributed by atoms with Crippen LogP contribution in [0.3, 0.4) is 0 Å². The van der Waals surface area contributed by atoms with Crippen LogP contribution in [0.5, 0.6) is 0 Å². The van der Waals surface area contributed by atoms with Crippen molar-refractivity contribution in [2.45, 2.75) is 0 Å². The average molecular weight is 405 g/mol.